The SMILES string of the molecule is C1CCN2CCCN=C2C1.C1CN2CCN1CC2.CN1CCCN2CCCN=C12. The summed E-state index contributed by atoms with van der Waals surface area (Å²) in [5.41, 5.74) is 0. The molecule has 29 heavy (non-hydrogen) atoms. The fraction of sp³-hybridized carbons (Fsp3) is 0.909. The van der Waals surface area contributed by atoms with E-state index in [9.17, 15) is 0 Å². The van der Waals surface area contributed by atoms with Crippen molar-refractivity contribution in [3.05, 3.63) is 0 Å². The maximum Gasteiger partial charge on any atom is 0.196 e. The van der Waals surface area contributed by atoms with Crippen molar-refractivity contribution < 1.29 is 0 Å². The molecule has 0 saturated carbocycles. The summed E-state index contributed by atoms with van der Waals surface area (Å²) in [6, 6.07) is 0. The van der Waals surface area contributed by atoms with Gasteiger partial charge in [0.25, 0.3) is 0 Å². The molecule has 0 atom stereocenters. The number of aliphatic imine (C=N–C) groups is 2. The van der Waals surface area contributed by atoms with Crippen LogP contribution >= 0.6 is 0 Å². The van der Waals surface area contributed by atoms with Crippen molar-refractivity contribution in [3.8, 4) is 0 Å². The average molecular weight is 404 g/mol. The van der Waals surface area contributed by atoms with Gasteiger partial charge in [-0.3, -0.25) is 19.8 Å². The standard InChI is InChI=1S/C8H15N3.C8H14N2.C6H12N2/c1-10-5-3-7-11-6-2-4-9-8(10)11;1-2-6-10-7-3-5-9-8(10)4-1;1-2-8-5-3-7(1)4-6-8/h2-7H2,1H3;1-7H2;1-6H2. The van der Waals surface area contributed by atoms with E-state index >= 15 is 0 Å². The first-order chi connectivity index (χ1) is 14.3. The van der Waals surface area contributed by atoms with Crippen LogP contribution in [-0.2, 0) is 0 Å². The highest BCUT2D eigenvalue weighted by molar-refractivity contribution is 5.83. The zero-order valence-electron chi connectivity index (χ0n) is 18.6. The van der Waals surface area contributed by atoms with E-state index in [2.05, 4.69) is 41.5 Å². The molecule has 0 aliphatic carbocycles. The lowest BCUT2D eigenvalue weighted by molar-refractivity contribution is 0.0647. The van der Waals surface area contributed by atoms with E-state index in [-0.39, 0.29) is 0 Å². The molecule has 0 N–H and O–H groups in total. The van der Waals surface area contributed by atoms with Crippen LogP contribution in [0.5, 0.6) is 0 Å². The first-order valence-electron chi connectivity index (χ1n) is 12.0. The fourth-order valence-corrected chi connectivity index (χ4v) is 5.10. The molecular weight excluding hydrogens is 362 g/mol. The van der Waals surface area contributed by atoms with Crippen LogP contribution in [0.4, 0.5) is 0 Å². The van der Waals surface area contributed by atoms with Crippen LogP contribution in [0.3, 0.4) is 0 Å². The van der Waals surface area contributed by atoms with Gasteiger partial charge in [0.2, 0.25) is 0 Å². The lowest BCUT2D eigenvalue weighted by atomic mass is 10.1. The topological polar surface area (TPSA) is 40.9 Å². The normalized spacial score (nSPS) is 30.6. The zero-order valence-corrected chi connectivity index (χ0v) is 18.6. The van der Waals surface area contributed by atoms with Gasteiger partial charge >= 0.3 is 0 Å². The largest absolute Gasteiger partial charge is 0.360 e. The summed E-state index contributed by atoms with van der Waals surface area (Å²) in [5.74, 6) is 2.61. The van der Waals surface area contributed by atoms with Gasteiger partial charge in [-0.2, -0.15) is 0 Å². The van der Waals surface area contributed by atoms with Gasteiger partial charge in [-0.15, -0.1) is 0 Å². The van der Waals surface area contributed by atoms with Gasteiger partial charge in [0.05, 0.1) is 5.84 Å². The number of amidine groups is 1. The first kappa shape index (κ1) is 20.9. The van der Waals surface area contributed by atoms with Crippen molar-refractivity contribution in [2.45, 2.75) is 38.5 Å². The molecule has 0 aromatic carbocycles. The van der Waals surface area contributed by atoms with Crippen LogP contribution in [0.15, 0.2) is 9.98 Å². The van der Waals surface area contributed by atoms with E-state index in [4.69, 9.17) is 0 Å². The molecule has 5 fully saturated rings. The Balaban J connectivity index is 0.000000107. The minimum atomic E-state index is 1.02. The summed E-state index contributed by atoms with van der Waals surface area (Å²) in [5, 5.41) is 0. The molecule has 7 aliphatic rings. The Morgan fingerprint density at radius 2 is 1.14 bits per heavy atom. The fourth-order valence-electron chi connectivity index (χ4n) is 5.10. The third kappa shape index (κ3) is 5.85. The van der Waals surface area contributed by atoms with Crippen molar-refractivity contribution in [1.82, 2.24) is 24.5 Å². The van der Waals surface area contributed by atoms with Crippen LogP contribution in [0.1, 0.15) is 38.5 Å². The highest BCUT2D eigenvalue weighted by atomic mass is 15.4. The summed E-state index contributed by atoms with van der Waals surface area (Å²) in [6.45, 7) is 16.1. The van der Waals surface area contributed by atoms with Crippen LogP contribution in [0.2, 0.25) is 0 Å². The number of hydrogen-bond acceptors (Lipinski definition) is 7. The van der Waals surface area contributed by atoms with Gasteiger partial charge in [0.15, 0.2) is 5.96 Å². The molecule has 5 saturated heterocycles. The maximum atomic E-state index is 4.50. The molecule has 7 heterocycles. The number of nitrogens with zero attached hydrogens (tertiary/aromatic N) is 7. The Morgan fingerprint density at radius 3 is 1.76 bits per heavy atom. The summed E-state index contributed by atoms with van der Waals surface area (Å²) >= 11 is 0. The molecule has 7 rings (SSSR count). The Labute approximate surface area is 177 Å². The summed E-state index contributed by atoms with van der Waals surface area (Å²) < 4.78 is 0. The lowest BCUT2D eigenvalue weighted by Gasteiger charge is -2.41. The molecule has 0 radical (unpaired) electrons. The van der Waals surface area contributed by atoms with E-state index in [0.29, 0.717) is 0 Å². The van der Waals surface area contributed by atoms with Gasteiger partial charge in [-0.25, -0.2) is 0 Å². The van der Waals surface area contributed by atoms with E-state index in [1.165, 1.54) is 122 Å². The molecule has 0 aromatic rings. The quantitative estimate of drug-likeness (QED) is 0.609. The van der Waals surface area contributed by atoms with E-state index in [1.54, 1.807) is 0 Å². The second-order valence-corrected chi connectivity index (χ2v) is 9.08. The Kier molecular flexibility index (Phi) is 7.66. The van der Waals surface area contributed by atoms with Gasteiger partial charge in [0.1, 0.15) is 0 Å². The van der Waals surface area contributed by atoms with Gasteiger partial charge in [-0.1, -0.05) is 0 Å². The lowest BCUT2D eigenvalue weighted by Crippen LogP contribution is -2.55. The van der Waals surface area contributed by atoms with Gasteiger partial charge < -0.3 is 14.7 Å². The monoisotopic (exact) mass is 403 g/mol. The minimum absolute atomic E-state index is 1.02. The number of piperidine rings is 1. The third-order valence-corrected chi connectivity index (χ3v) is 6.91. The molecule has 0 aromatic heterocycles. The first-order valence-corrected chi connectivity index (χ1v) is 12.0. The molecular formula is C22H41N7. The average Bonchev–Trinajstić information content (AvgIpc) is 2.82. The molecule has 7 heteroatoms. The highest BCUT2D eigenvalue weighted by Crippen LogP contribution is 2.15. The van der Waals surface area contributed by atoms with Crippen LogP contribution in [-0.4, -0.2) is 128 Å². The van der Waals surface area contributed by atoms with Crippen molar-refractivity contribution >= 4 is 11.8 Å². The Bertz CT molecular complexity index is 544. The molecule has 7 aliphatic heterocycles. The van der Waals surface area contributed by atoms with E-state index in [1.807, 2.05) is 0 Å². The van der Waals surface area contributed by atoms with E-state index in [0.717, 1.165) is 13.1 Å². The molecule has 164 valence electrons. The molecule has 0 spiro atoms. The van der Waals surface area contributed by atoms with Crippen LogP contribution < -0.4 is 0 Å². The zero-order chi connectivity index (χ0) is 19.9. The summed E-state index contributed by atoms with van der Waals surface area (Å²) in [7, 11) is 2.14. The minimum Gasteiger partial charge on any atom is -0.360 e. The summed E-state index contributed by atoms with van der Waals surface area (Å²) in [6.07, 6.45) is 7.75. The van der Waals surface area contributed by atoms with E-state index < -0.39 is 0 Å². The van der Waals surface area contributed by atoms with Crippen LogP contribution in [0.25, 0.3) is 0 Å². The second-order valence-electron chi connectivity index (χ2n) is 9.08. The molecule has 2 bridgehead atoms. The third-order valence-electron chi connectivity index (χ3n) is 6.91. The number of hydrogen-bond donors (Lipinski definition) is 0. The Morgan fingerprint density at radius 1 is 0.552 bits per heavy atom. The van der Waals surface area contributed by atoms with Crippen molar-refractivity contribution in [3.63, 3.8) is 0 Å². The molecule has 7 nitrogen and oxygen atoms in total. The Hall–Kier alpha value is -1.34. The molecule has 0 amide bonds. The highest BCUT2D eigenvalue weighted by Gasteiger charge is 2.23. The van der Waals surface area contributed by atoms with Gasteiger partial charge in [-0.05, 0) is 32.1 Å². The predicted molar refractivity (Wildman–Crippen MR) is 121 cm³/mol. The maximum absolute atomic E-state index is 4.50. The van der Waals surface area contributed by atoms with Gasteiger partial charge in [0, 0.05) is 98.6 Å². The number of fused-ring (bicyclic) bond motifs is 5. The molecule has 0 unspecified atom stereocenters. The number of rotatable bonds is 0. The summed E-state index contributed by atoms with van der Waals surface area (Å²) in [4.78, 5) is 21.2. The predicted octanol–water partition coefficient (Wildman–Crippen LogP) is 1.28. The van der Waals surface area contributed by atoms with Crippen molar-refractivity contribution in [2.75, 3.05) is 92.1 Å². The number of piperazine rings is 3. The van der Waals surface area contributed by atoms with Crippen LogP contribution in [0, 0.1) is 0 Å². The number of guanidine groups is 1. The smallest absolute Gasteiger partial charge is 0.196 e. The second kappa shape index (κ2) is 10.6. The van der Waals surface area contributed by atoms with Crippen molar-refractivity contribution in [2.24, 2.45) is 9.98 Å². The van der Waals surface area contributed by atoms with Crippen molar-refractivity contribution in [1.29, 1.82) is 0 Å².